The first-order valence-corrected chi connectivity index (χ1v) is 24.9. The Labute approximate surface area is 381 Å². The first-order valence-electron chi connectivity index (χ1n) is 24.1. The molecule has 0 N–H and O–H groups in total. The minimum Gasteiger partial charge on any atom is -0.311 e. The summed E-state index contributed by atoms with van der Waals surface area (Å²) in [6.07, 6.45) is 12.8. The fourth-order valence-electron chi connectivity index (χ4n) is 10.9. The zero-order chi connectivity index (χ0) is 43.5. The van der Waals surface area contributed by atoms with Gasteiger partial charge in [0.1, 0.15) is 0 Å². The lowest BCUT2D eigenvalue weighted by Crippen LogP contribution is -2.31. The zero-order valence-corrected chi connectivity index (χ0v) is 39.3. The molecule has 1 aliphatic carbocycles. The number of thiophene rings is 1. The van der Waals surface area contributed by atoms with E-state index < -0.39 is 0 Å². The molecule has 1 aliphatic rings. The minimum absolute atomic E-state index is 0.0202. The molecule has 2 atom stereocenters. The highest BCUT2D eigenvalue weighted by atomic mass is 32.1. The monoisotopic (exact) mass is 843 g/mol. The summed E-state index contributed by atoms with van der Waals surface area (Å²) in [5.74, 6) is 1.42. The number of hydrogen-bond donors (Lipinski definition) is 0. The first-order chi connectivity index (χ1) is 30.8. The molecule has 0 saturated heterocycles. The molecule has 2 unspecified atom stereocenters. The summed E-state index contributed by atoms with van der Waals surface area (Å²) in [5.41, 5.74) is 17.3. The number of aryl methyl sites for hydroxylation is 2. The molecule has 0 amide bonds. The normalized spacial score (nSPS) is 15.4. The molecular formula is C61H65NS. The molecule has 1 nitrogen and oxygen atoms in total. The van der Waals surface area contributed by atoms with Gasteiger partial charge in [0.25, 0.3) is 0 Å². The summed E-state index contributed by atoms with van der Waals surface area (Å²) in [6.45, 7) is 14.0. The second kappa shape index (κ2) is 18.7. The van der Waals surface area contributed by atoms with Crippen LogP contribution in [0.15, 0.2) is 152 Å². The number of hydrogen-bond acceptors (Lipinski definition) is 2. The maximum atomic E-state index is 2.62. The molecule has 63 heavy (non-hydrogen) atoms. The molecule has 0 fully saturated rings. The predicted molar refractivity (Wildman–Crippen MR) is 276 cm³/mol. The maximum Gasteiger partial charge on any atom is 0.0462 e. The zero-order valence-electron chi connectivity index (χ0n) is 38.5. The van der Waals surface area contributed by atoms with E-state index in [9.17, 15) is 0 Å². The van der Waals surface area contributed by atoms with Gasteiger partial charge >= 0.3 is 0 Å². The molecule has 0 bridgehead atoms. The van der Waals surface area contributed by atoms with Crippen molar-refractivity contribution in [2.45, 2.75) is 111 Å². The molecule has 320 valence electrons. The van der Waals surface area contributed by atoms with E-state index in [0.29, 0.717) is 11.8 Å². The summed E-state index contributed by atoms with van der Waals surface area (Å²) < 4.78 is 2.69. The fourth-order valence-corrected chi connectivity index (χ4v) is 12.1. The van der Waals surface area contributed by atoms with E-state index >= 15 is 0 Å². The molecule has 0 aliphatic heterocycles. The third kappa shape index (κ3) is 8.40. The second-order valence-corrected chi connectivity index (χ2v) is 19.7. The molecule has 0 radical (unpaired) electrons. The Kier molecular flexibility index (Phi) is 12.7. The fraction of sp³-hybridized carbons (Fsp3) is 0.311. The molecule has 2 heteroatoms. The number of benzene rings is 7. The van der Waals surface area contributed by atoms with Gasteiger partial charge in [0.2, 0.25) is 0 Å². The lowest BCUT2D eigenvalue weighted by Gasteiger charge is -2.39. The molecule has 0 saturated carbocycles. The largest absolute Gasteiger partial charge is 0.311 e. The Bertz CT molecular complexity index is 2790. The Morgan fingerprint density at radius 3 is 1.62 bits per heavy atom. The summed E-state index contributed by atoms with van der Waals surface area (Å²) in [4.78, 5) is 2.40. The van der Waals surface area contributed by atoms with Gasteiger partial charge in [-0.25, -0.2) is 0 Å². The topological polar surface area (TPSA) is 3.24 Å². The highest BCUT2D eigenvalue weighted by Gasteiger charge is 2.45. The van der Waals surface area contributed by atoms with Crippen LogP contribution in [0.1, 0.15) is 114 Å². The van der Waals surface area contributed by atoms with Crippen LogP contribution >= 0.6 is 11.3 Å². The van der Waals surface area contributed by atoms with E-state index in [0.717, 1.165) is 17.1 Å². The van der Waals surface area contributed by atoms with E-state index in [-0.39, 0.29) is 5.41 Å². The molecule has 9 rings (SSSR count). The van der Waals surface area contributed by atoms with Crippen molar-refractivity contribution >= 4 is 48.6 Å². The van der Waals surface area contributed by atoms with Gasteiger partial charge in [-0.2, -0.15) is 0 Å². The van der Waals surface area contributed by atoms with Crippen LogP contribution < -0.4 is 4.90 Å². The van der Waals surface area contributed by atoms with Gasteiger partial charge in [-0.3, -0.25) is 0 Å². The summed E-state index contributed by atoms with van der Waals surface area (Å²) >= 11 is 1.89. The van der Waals surface area contributed by atoms with Crippen LogP contribution in [-0.2, 0) is 5.41 Å². The average Bonchev–Trinajstić information content (AvgIpc) is 3.83. The van der Waals surface area contributed by atoms with Gasteiger partial charge < -0.3 is 4.90 Å². The van der Waals surface area contributed by atoms with Crippen molar-refractivity contribution in [1.82, 2.24) is 0 Å². The van der Waals surface area contributed by atoms with Gasteiger partial charge in [0.05, 0.1) is 0 Å². The van der Waals surface area contributed by atoms with E-state index in [2.05, 4.69) is 198 Å². The molecule has 0 spiro atoms. The third-order valence-corrected chi connectivity index (χ3v) is 15.7. The van der Waals surface area contributed by atoms with Crippen LogP contribution in [0, 0.1) is 25.7 Å². The molecule has 1 heterocycles. The molecule has 8 aromatic rings. The Hall–Kier alpha value is -5.44. The van der Waals surface area contributed by atoms with E-state index in [4.69, 9.17) is 0 Å². The lowest BCUT2D eigenvalue weighted by molar-refractivity contribution is 0.266. The summed E-state index contributed by atoms with van der Waals surface area (Å²) in [5, 5.41) is 2.67. The number of anilines is 3. The van der Waals surface area contributed by atoms with Crippen molar-refractivity contribution in [1.29, 1.82) is 0 Å². The van der Waals surface area contributed by atoms with Crippen molar-refractivity contribution in [3.63, 3.8) is 0 Å². The van der Waals surface area contributed by atoms with Crippen molar-refractivity contribution in [2.24, 2.45) is 11.8 Å². The summed E-state index contributed by atoms with van der Waals surface area (Å²) in [7, 11) is 0. The molecular weight excluding hydrogens is 779 g/mol. The smallest absolute Gasteiger partial charge is 0.0462 e. The van der Waals surface area contributed by atoms with E-state index in [1.165, 1.54) is 129 Å². The van der Waals surface area contributed by atoms with Crippen molar-refractivity contribution in [3.8, 4) is 33.4 Å². The van der Waals surface area contributed by atoms with E-state index in [1.807, 2.05) is 11.3 Å². The van der Waals surface area contributed by atoms with Crippen LogP contribution in [0.4, 0.5) is 17.1 Å². The van der Waals surface area contributed by atoms with Crippen molar-refractivity contribution < 1.29 is 0 Å². The average molecular weight is 844 g/mol. The van der Waals surface area contributed by atoms with Crippen LogP contribution in [0.25, 0.3) is 53.6 Å². The number of unbranched alkanes of at least 4 members (excludes halogenated alkanes) is 2. The Balaban J connectivity index is 1.09. The Morgan fingerprint density at radius 2 is 1.00 bits per heavy atom. The summed E-state index contributed by atoms with van der Waals surface area (Å²) in [6, 6.07) is 57.9. The SMILES string of the molecule is CCCCC(CC)CC1(CC(CC)CCCC)c2cc(C)ccc2-c2ccc(-c3ccc(N(c4ccc(C)cc4)c4ccc(-c5cccc6c5sc5ccccc56)cc4)cc3)cc21. The van der Waals surface area contributed by atoms with Crippen LogP contribution in [0.2, 0.25) is 0 Å². The predicted octanol–water partition coefficient (Wildman–Crippen LogP) is 19.0. The van der Waals surface area contributed by atoms with Crippen LogP contribution in [-0.4, -0.2) is 0 Å². The number of nitrogens with zero attached hydrogens (tertiary/aromatic N) is 1. The Morgan fingerprint density at radius 1 is 0.476 bits per heavy atom. The highest BCUT2D eigenvalue weighted by molar-refractivity contribution is 7.26. The standard InChI is InChI=1S/C61H65NS/c1-7-11-16-44(9-3)40-61(41-45(10-4)17-12-8-2)57-38-43(6)24-36-53(57)54-37-29-48(39-58(54)61)46-25-32-50(33-26-46)62(49-30-22-42(5)23-31-49)51-34-27-47(28-35-51)52-19-15-20-56-55-18-13-14-21-59(55)63-60(52)56/h13-15,18-39,44-45H,7-12,16-17,40-41H2,1-6H3. The second-order valence-electron chi connectivity index (χ2n) is 18.7. The third-order valence-electron chi connectivity index (χ3n) is 14.5. The van der Waals surface area contributed by atoms with Crippen LogP contribution in [0.3, 0.4) is 0 Å². The minimum atomic E-state index is 0.0202. The van der Waals surface area contributed by atoms with Crippen molar-refractivity contribution in [2.75, 3.05) is 4.90 Å². The van der Waals surface area contributed by atoms with Gasteiger partial charge in [-0.1, -0.05) is 193 Å². The van der Waals surface area contributed by atoms with Gasteiger partial charge in [-0.15, -0.1) is 11.3 Å². The number of rotatable bonds is 17. The molecule has 7 aromatic carbocycles. The lowest BCUT2D eigenvalue weighted by atomic mass is 9.65. The maximum absolute atomic E-state index is 2.62. The van der Waals surface area contributed by atoms with Gasteiger partial charge in [0, 0.05) is 42.6 Å². The van der Waals surface area contributed by atoms with Gasteiger partial charge in [0.15, 0.2) is 0 Å². The number of fused-ring (bicyclic) bond motifs is 6. The highest BCUT2D eigenvalue weighted by Crippen LogP contribution is 2.57. The van der Waals surface area contributed by atoms with Crippen LogP contribution in [0.5, 0.6) is 0 Å². The van der Waals surface area contributed by atoms with Gasteiger partial charge in [-0.05, 0) is 132 Å². The van der Waals surface area contributed by atoms with E-state index in [1.54, 1.807) is 11.1 Å². The van der Waals surface area contributed by atoms with Crippen molar-refractivity contribution in [3.05, 3.63) is 174 Å². The quantitative estimate of drug-likeness (QED) is 0.0883. The first kappa shape index (κ1) is 42.8. The molecule has 1 aromatic heterocycles.